The SMILES string of the molecule is Cc1ccc(S(=O)(=O)n2cc3c4c(c(C)cc(C)c42)C(O)(c2nc4cc(C#N)ccc4n2COCC[Si](C)(C)C)CC3)cc1.Cc1ccc(S(=O)(=O)n2cc3c4c(c(C)cc(C)c42)C(O)(c2nc4ccc(C#N)cc4n2COCC[Si](C)(C)C)CC3)cc1. The summed E-state index contributed by atoms with van der Waals surface area (Å²) >= 11 is 0. The Balaban J connectivity index is 0.000000182. The summed E-state index contributed by atoms with van der Waals surface area (Å²) in [6.07, 6.45) is 4.99. The van der Waals surface area contributed by atoms with Gasteiger partial charge in [-0.3, -0.25) is 0 Å². The van der Waals surface area contributed by atoms with Crippen molar-refractivity contribution < 1.29 is 36.5 Å². The summed E-state index contributed by atoms with van der Waals surface area (Å²) in [5.41, 5.74) is 10.2. The molecule has 10 aromatic rings. The van der Waals surface area contributed by atoms with Gasteiger partial charge in [0.2, 0.25) is 0 Å². The summed E-state index contributed by atoms with van der Waals surface area (Å²) in [7, 11) is -10.4. The number of nitrogens with zero attached hydrogens (tertiary/aromatic N) is 8. The molecule has 0 amide bonds. The van der Waals surface area contributed by atoms with Crippen molar-refractivity contribution in [1.29, 1.82) is 10.5 Å². The predicted molar refractivity (Wildman–Crippen MR) is 350 cm³/mol. The molecule has 4 aromatic heterocycles. The average Bonchev–Trinajstić information content (AvgIpc) is 1.63. The van der Waals surface area contributed by atoms with Gasteiger partial charge in [-0.15, -0.1) is 0 Å². The second-order valence-corrected chi connectivity index (χ2v) is 41.4. The summed E-state index contributed by atoms with van der Waals surface area (Å²) < 4.78 is 74.9. The molecule has 0 bridgehead atoms. The summed E-state index contributed by atoms with van der Waals surface area (Å²) in [5.74, 6) is 0.868. The average molecular weight is 1250 g/mol. The normalized spacial score (nSPS) is 17.0. The molecule has 2 aliphatic carbocycles. The highest BCUT2D eigenvalue weighted by molar-refractivity contribution is 7.90. The number of imidazole rings is 2. The van der Waals surface area contributed by atoms with Crippen molar-refractivity contribution >= 4 is 80.1 Å². The first-order valence-electron chi connectivity index (χ1n) is 29.8. The van der Waals surface area contributed by atoms with E-state index in [4.69, 9.17) is 19.4 Å². The van der Waals surface area contributed by atoms with Crippen LogP contribution in [0.3, 0.4) is 0 Å². The summed E-state index contributed by atoms with van der Waals surface area (Å²) in [6.45, 7) is 27.0. The number of nitriles is 2. The van der Waals surface area contributed by atoms with Gasteiger partial charge in [0.15, 0.2) is 0 Å². The third-order valence-electron chi connectivity index (χ3n) is 17.4. The van der Waals surface area contributed by atoms with E-state index in [2.05, 4.69) is 51.4 Å². The van der Waals surface area contributed by atoms with Crippen LogP contribution < -0.4 is 0 Å². The van der Waals surface area contributed by atoms with Gasteiger partial charge in [0, 0.05) is 63.7 Å². The van der Waals surface area contributed by atoms with E-state index in [1.54, 1.807) is 91.3 Å². The Hall–Kier alpha value is -7.51. The van der Waals surface area contributed by atoms with Crippen LogP contribution in [0.25, 0.3) is 43.9 Å². The number of rotatable bonds is 16. The molecule has 0 saturated heterocycles. The monoisotopic (exact) mass is 1250 g/mol. The van der Waals surface area contributed by atoms with Crippen LogP contribution in [-0.4, -0.2) is 83.5 Å². The van der Waals surface area contributed by atoms with E-state index >= 15 is 0 Å². The lowest BCUT2D eigenvalue weighted by Gasteiger charge is -2.34. The number of aliphatic hydroxyl groups is 2. The van der Waals surface area contributed by atoms with Crippen molar-refractivity contribution in [3.63, 3.8) is 0 Å². The van der Waals surface area contributed by atoms with Gasteiger partial charge >= 0.3 is 0 Å². The summed E-state index contributed by atoms with van der Waals surface area (Å²) in [5, 5.41) is 46.2. The zero-order valence-corrected chi connectivity index (χ0v) is 55.8. The first-order valence-corrected chi connectivity index (χ1v) is 40.1. The highest BCUT2D eigenvalue weighted by Crippen LogP contribution is 2.50. The van der Waals surface area contributed by atoms with Crippen molar-refractivity contribution in [2.75, 3.05) is 13.2 Å². The molecule has 456 valence electrons. The molecule has 88 heavy (non-hydrogen) atoms. The molecule has 0 radical (unpaired) electrons. The van der Waals surface area contributed by atoms with Crippen molar-refractivity contribution in [3.05, 3.63) is 188 Å². The Morgan fingerprint density at radius 1 is 0.534 bits per heavy atom. The standard InChI is InChI=1S/2C34H38N4O4SSi/c1-22-7-10-27(11-8-22)43(40,41)38-20-26-13-14-34(39,31-23(2)17-24(3)32(38)30(26)31)33-36-28-18-25(19-35)9-12-29(28)37(33)21-42-15-16-44(4,5)6;1-22-7-10-27(11-8-22)43(40,41)38-20-26-13-14-34(39,31-23(2)17-24(3)32(38)30(26)31)33-36-28-12-9-25(19-35)18-29(28)37(33)21-42-15-16-44(4,5)6/h2*7-12,17-18,20,39H,13-16,21H2,1-6H3. The van der Waals surface area contributed by atoms with Gasteiger partial charge in [-0.2, -0.15) is 10.5 Å². The van der Waals surface area contributed by atoms with Gasteiger partial charge in [0.25, 0.3) is 20.0 Å². The Morgan fingerprint density at radius 3 is 1.38 bits per heavy atom. The molecule has 4 heterocycles. The molecule has 0 fully saturated rings. The molecular weight excluding hydrogens is 1180 g/mol. The molecule has 2 aliphatic rings. The predicted octanol–water partition coefficient (Wildman–Crippen LogP) is 13.0. The Labute approximate surface area is 517 Å². The maximum Gasteiger partial charge on any atom is 0.268 e. The van der Waals surface area contributed by atoms with Crippen LogP contribution in [0.5, 0.6) is 0 Å². The summed E-state index contributed by atoms with van der Waals surface area (Å²) in [6, 6.07) is 34.7. The Morgan fingerprint density at radius 2 is 0.943 bits per heavy atom. The maximum absolute atomic E-state index is 14.0. The molecule has 12 rings (SSSR count). The largest absolute Gasteiger partial charge is 0.377 e. The number of fused-ring (bicyclic) bond motifs is 2. The van der Waals surface area contributed by atoms with Gasteiger partial charge in [-0.05, 0) is 173 Å². The third kappa shape index (κ3) is 11.1. The van der Waals surface area contributed by atoms with Gasteiger partial charge in [0.1, 0.15) is 36.3 Å². The lowest BCUT2D eigenvalue weighted by atomic mass is 9.76. The van der Waals surface area contributed by atoms with Crippen LogP contribution in [0, 0.1) is 64.2 Å². The number of ether oxygens (including phenoxy) is 2. The van der Waals surface area contributed by atoms with Gasteiger partial charge < -0.3 is 28.8 Å². The van der Waals surface area contributed by atoms with Gasteiger partial charge in [-0.25, -0.2) is 34.7 Å². The molecule has 2 unspecified atom stereocenters. The van der Waals surface area contributed by atoms with Crippen LogP contribution in [0.4, 0.5) is 0 Å². The quantitative estimate of drug-likeness (QED) is 0.0681. The molecule has 2 N–H and O–H groups in total. The number of hydrogen-bond donors (Lipinski definition) is 2. The second kappa shape index (κ2) is 22.8. The summed E-state index contributed by atoms with van der Waals surface area (Å²) in [4.78, 5) is 10.3. The van der Waals surface area contributed by atoms with Crippen LogP contribution >= 0.6 is 0 Å². The second-order valence-electron chi connectivity index (χ2n) is 26.5. The fourth-order valence-electron chi connectivity index (χ4n) is 12.8. The van der Waals surface area contributed by atoms with Gasteiger partial charge in [0.05, 0.1) is 66.2 Å². The van der Waals surface area contributed by atoms with Crippen molar-refractivity contribution in [2.45, 2.75) is 153 Å². The third-order valence-corrected chi connectivity index (χ3v) is 24.2. The molecule has 0 saturated carbocycles. The highest BCUT2D eigenvalue weighted by atomic mass is 32.2. The fourth-order valence-corrected chi connectivity index (χ4v) is 17.3. The topological polar surface area (TPSA) is 220 Å². The molecule has 0 aliphatic heterocycles. The van der Waals surface area contributed by atoms with Crippen LogP contribution in [0.1, 0.15) is 91.3 Å². The minimum atomic E-state index is -3.89. The molecule has 2 atom stereocenters. The first kappa shape index (κ1) is 62.1. The highest BCUT2D eigenvalue weighted by Gasteiger charge is 2.46. The Kier molecular flexibility index (Phi) is 16.1. The number of benzene rings is 6. The molecule has 16 nitrogen and oxygen atoms in total. The van der Waals surface area contributed by atoms with Crippen molar-refractivity contribution in [1.82, 2.24) is 27.0 Å². The lowest BCUT2D eigenvalue weighted by molar-refractivity contribution is 0.0378. The van der Waals surface area contributed by atoms with E-state index in [0.29, 0.717) is 100 Å². The minimum absolute atomic E-state index is 0.178. The number of aryl methyl sites for hydroxylation is 8. The fraction of sp³-hybridized carbons (Fsp3) is 0.353. The molecule has 0 spiro atoms. The number of aromatic nitrogens is 6. The molecular formula is C68H76N8O8S2Si2. The van der Waals surface area contributed by atoms with Crippen LogP contribution in [0.15, 0.2) is 119 Å². The van der Waals surface area contributed by atoms with Crippen molar-refractivity contribution in [2.24, 2.45) is 0 Å². The van der Waals surface area contributed by atoms with E-state index in [9.17, 15) is 37.6 Å². The van der Waals surface area contributed by atoms with Crippen molar-refractivity contribution in [3.8, 4) is 12.1 Å². The van der Waals surface area contributed by atoms with E-state index in [-0.39, 0.29) is 23.3 Å². The minimum Gasteiger partial charge on any atom is -0.377 e. The van der Waals surface area contributed by atoms with Crippen LogP contribution in [-0.2, 0) is 67.0 Å². The molecule has 6 aromatic carbocycles. The zero-order chi connectivity index (χ0) is 63.2. The van der Waals surface area contributed by atoms with E-state index in [1.807, 2.05) is 68.9 Å². The van der Waals surface area contributed by atoms with E-state index in [1.165, 1.54) is 7.94 Å². The smallest absolute Gasteiger partial charge is 0.268 e. The Bertz CT molecular complexity index is 4580. The zero-order valence-electron chi connectivity index (χ0n) is 52.2. The van der Waals surface area contributed by atoms with Gasteiger partial charge in [-0.1, -0.05) is 86.8 Å². The van der Waals surface area contributed by atoms with E-state index in [0.717, 1.165) is 72.9 Å². The van der Waals surface area contributed by atoms with Crippen LogP contribution in [0.2, 0.25) is 51.4 Å². The first-order chi connectivity index (χ1) is 41.5. The molecule has 20 heteroatoms. The number of hydrogen-bond acceptors (Lipinski definition) is 12. The maximum atomic E-state index is 14.0. The van der Waals surface area contributed by atoms with E-state index < -0.39 is 47.4 Å². The lowest BCUT2D eigenvalue weighted by Crippen LogP contribution is -2.35.